The number of hydrogen-bond acceptors (Lipinski definition) is 3. The number of sulfonamides is 1. The van der Waals surface area contributed by atoms with Gasteiger partial charge in [0.05, 0.1) is 11.2 Å². The Balaban J connectivity index is 2.76. The van der Waals surface area contributed by atoms with Crippen LogP contribution in [0.1, 0.15) is 39.5 Å². The molecule has 1 saturated heterocycles. The van der Waals surface area contributed by atoms with Crippen molar-refractivity contribution in [2.24, 2.45) is 5.41 Å². The van der Waals surface area contributed by atoms with Crippen molar-refractivity contribution in [3.63, 3.8) is 0 Å². The zero-order valence-electron chi connectivity index (χ0n) is 10.5. The van der Waals surface area contributed by atoms with E-state index in [9.17, 15) is 13.2 Å². The molecule has 0 atom stereocenters. The van der Waals surface area contributed by atoms with Gasteiger partial charge < -0.3 is 5.11 Å². The summed E-state index contributed by atoms with van der Waals surface area (Å²) in [6.07, 6.45) is 3.84. The summed E-state index contributed by atoms with van der Waals surface area (Å²) in [5.41, 5.74) is -1.23. The Bertz CT molecular complexity index is 367. The van der Waals surface area contributed by atoms with Gasteiger partial charge in [-0.05, 0) is 26.7 Å². The van der Waals surface area contributed by atoms with E-state index in [1.165, 1.54) is 18.2 Å². The lowest BCUT2D eigenvalue weighted by molar-refractivity contribution is -0.145. The maximum absolute atomic E-state index is 12.1. The van der Waals surface area contributed by atoms with Gasteiger partial charge in [-0.25, -0.2) is 12.7 Å². The Labute approximate surface area is 103 Å². The molecule has 5 nitrogen and oxygen atoms in total. The van der Waals surface area contributed by atoms with Crippen LogP contribution in [-0.2, 0) is 14.8 Å². The van der Waals surface area contributed by atoms with Crippen molar-refractivity contribution >= 4 is 16.0 Å². The fourth-order valence-corrected chi connectivity index (χ4v) is 3.96. The molecule has 0 bridgehead atoms. The molecule has 6 heteroatoms. The molecule has 0 spiro atoms. The van der Waals surface area contributed by atoms with Crippen LogP contribution in [0.3, 0.4) is 0 Å². The van der Waals surface area contributed by atoms with Crippen LogP contribution < -0.4 is 0 Å². The first-order valence-corrected chi connectivity index (χ1v) is 7.58. The van der Waals surface area contributed by atoms with Gasteiger partial charge in [0.25, 0.3) is 0 Å². The number of carboxylic acid groups (broad SMARTS) is 1. The molecule has 100 valence electrons. The average molecular weight is 263 g/mol. The van der Waals surface area contributed by atoms with Gasteiger partial charge in [-0.1, -0.05) is 12.8 Å². The summed E-state index contributed by atoms with van der Waals surface area (Å²) in [5.74, 6) is -1.40. The minimum Gasteiger partial charge on any atom is -0.481 e. The van der Waals surface area contributed by atoms with Crippen molar-refractivity contribution in [1.82, 2.24) is 4.31 Å². The lowest BCUT2D eigenvalue weighted by atomic mass is 9.97. The number of rotatable bonds is 4. The zero-order chi connectivity index (χ0) is 13.1. The van der Waals surface area contributed by atoms with E-state index in [2.05, 4.69) is 0 Å². The molecular weight excluding hydrogens is 242 g/mol. The van der Waals surface area contributed by atoms with E-state index in [0.29, 0.717) is 13.1 Å². The molecule has 0 radical (unpaired) electrons. The van der Waals surface area contributed by atoms with Gasteiger partial charge >= 0.3 is 5.97 Å². The molecule has 1 heterocycles. The average Bonchev–Trinajstić information content (AvgIpc) is 2.43. The highest BCUT2D eigenvalue weighted by atomic mass is 32.2. The van der Waals surface area contributed by atoms with E-state index >= 15 is 0 Å². The third-order valence-electron chi connectivity index (χ3n) is 3.08. The van der Waals surface area contributed by atoms with Crippen LogP contribution in [0.25, 0.3) is 0 Å². The van der Waals surface area contributed by atoms with Crippen LogP contribution >= 0.6 is 0 Å². The van der Waals surface area contributed by atoms with Crippen molar-refractivity contribution in [2.45, 2.75) is 39.5 Å². The summed E-state index contributed by atoms with van der Waals surface area (Å²) in [4.78, 5) is 11.0. The smallest absolute Gasteiger partial charge is 0.310 e. The van der Waals surface area contributed by atoms with Crippen LogP contribution in [0.15, 0.2) is 0 Å². The highest BCUT2D eigenvalue weighted by Crippen LogP contribution is 2.22. The maximum Gasteiger partial charge on any atom is 0.310 e. The van der Waals surface area contributed by atoms with Crippen LogP contribution in [0.5, 0.6) is 0 Å². The first-order valence-electron chi connectivity index (χ1n) is 5.97. The van der Waals surface area contributed by atoms with Crippen molar-refractivity contribution in [3.05, 3.63) is 0 Å². The second-order valence-corrected chi connectivity index (χ2v) is 7.23. The minimum absolute atomic E-state index is 0.324. The highest BCUT2D eigenvalue weighted by molar-refractivity contribution is 7.89. The summed E-state index contributed by atoms with van der Waals surface area (Å²) >= 11 is 0. The molecule has 0 aromatic carbocycles. The lowest BCUT2D eigenvalue weighted by Gasteiger charge is -2.25. The summed E-state index contributed by atoms with van der Waals surface area (Å²) < 4.78 is 25.7. The number of hydrogen-bond donors (Lipinski definition) is 1. The molecule has 1 fully saturated rings. The van der Waals surface area contributed by atoms with E-state index in [1.807, 2.05) is 0 Å². The van der Waals surface area contributed by atoms with Gasteiger partial charge in [0.2, 0.25) is 10.0 Å². The number of carbonyl (C=O) groups is 1. The minimum atomic E-state index is -3.46. The SMILES string of the molecule is CC(C)(CS(=O)(=O)N1CCCCCC1)C(=O)O. The third kappa shape index (κ3) is 3.96. The van der Waals surface area contributed by atoms with Crippen LogP contribution in [0.4, 0.5) is 0 Å². The number of nitrogens with zero attached hydrogens (tertiary/aromatic N) is 1. The molecular formula is C11H21NO4S. The third-order valence-corrected chi connectivity index (χ3v) is 5.32. The largest absolute Gasteiger partial charge is 0.481 e. The van der Waals surface area contributed by atoms with Gasteiger partial charge in [-0.2, -0.15) is 0 Å². The molecule has 0 aromatic heterocycles. The van der Waals surface area contributed by atoms with Crippen molar-refractivity contribution < 1.29 is 18.3 Å². The molecule has 0 saturated carbocycles. The molecule has 1 N–H and O–H groups in total. The lowest BCUT2D eigenvalue weighted by Crippen LogP contribution is -2.41. The Morgan fingerprint density at radius 2 is 1.65 bits per heavy atom. The van der Waals surface area contributed by atoms with E-state index in [1.54, 1.807) is 0 Å². The van der Waals surface area contributed by atoms with Crippen LogP contribution in [0, 0.1) is 5.41 Å². The topological polar surface area (TPSA) is 74.7 Å². The second-order valence-electron chi connectivity index (χ2n) is 5.26. The van der Waals surface area contributed by atoms with Gasteiger partial charge in [0, 0.05) is 13.1 Å². The first-order chi connectivity index (χ1) is 7.76. The van der Waals surface area contributed by atoms with Gasteiger partial charge in [0.15, 0.2) is 0 Å². The van der Waals surface area contributed by atoms with Crippen molar-refractivity contribution in [3.8, 4) is 0 Å². The molecule has 1 rings (SSSR count). The number of aliphatic carboxylic acids is 1. The number of carboxylic acids is 1. The van der Waals surface area contributed by atoms with Gasteiger partial charge in [-0.15, -0.1) is 0 Å². The molecule has 17 heavy (non-hydrogen) atoms. The summed E-state index contributed by atoms with van der Waals surface area (Å²) in [6, 6.07) is 0. The molecule has 1 aliphatic heterocycles. The second kappa shape index (κ2) is 5.35. The molecule has 0 aromatic rings. The van der Waals surface area contributed by atoms with Gasteiger partial charge in [0.1, 0.15) is 0 Å². The van der Waals surface area contributed by atoms with E-state index < -0.39 is 21.4 Å². The van der Waals surface area contributed by atoms with Crippen LogP contribution in [0.2, 0.25) is 0 Å². The van der Waals surface area contributed by atoms with Crippen molar-refractivity contribution in [1.29, 1.82) is 0 Å². The highest BCUT2D eigenvalue weighted by Gasteiger charge is 2.36. The Hall–Kier alpha value is -0.620. The summed E-state index contributed by atoms with van der Waals surface area (Å²) in [6.45, 7) is 3.95. The van der Waals surface area contributed by atoms with Gasteiger partial charge in [-0.3, -0.25) is 4.79 Å². The zero-order valence-corrected chi connectivity index (χ0v) is 11.3. The normalized spacial score (nSPS) is 19.9. The standard InChI is InChI=1S/C11H21NO4S/c1-11(2,10(13)14)9-17(15,16)12-7-5-3-4-6-8-12/h3-9H2,1-2H3,(H,13,14). The quantitative estimate of drug-likeness (QED) is 0.829. The molecule has 0 amide bonds. The van der Waals surface area contributed by atoms with E-state index in [4.69, 9.17) is 5.11 Å². The molecule has 0 unspecified atom stereocenters. The maximum atomic E-state index is 12.1. The first kappa shape index (κ1) is 14.4. The predicted molar refractivity (Wildman–Crippen MR) is 65.2 cm³/mol. The van der Waals surface area contributed by atoms with Crippen LogP contribution in [-0.4, -0.2) is 42.6 Å². The van der Waals surface area contributed by atoms with E-state index in [-0.39, 0.29) is 5.75 Å². The monoisotopic (exact) mass is 263 g/mol. The van der Waals surface area contributed by atoms with E-state index in [0.717, 1.165) is 25.7 Å². The summed E-state index contributed by atoms with van der Waals surface area (Å²) in [5, 5.41) is 8.98. The predicted octanol–water partition coefficient (Wildman–Crippen LogP) is 1.30. The molecule has 0 aliphatic carbocycles. The Morgan fingerprint density at radius 1 is 1.18 bits per heavy atom. The fraction of sp³-hybridized carbons (Fsp3) is 0.909. The molecule has 1 aliphatic rings. The Kier molecular flexibility index (Phi) is 4.55. The summed E-state index contributed by atoms with van der Waals surface area (Å²) in [7, 11) is -3.46. The Morgan fingerprint density at radius 3 is 2.06 bits per heavy atom. The van der Waals surface area contributed by atoms with Crippen molar-refractivity contribution in [2.75, 3.05) is 18.8 Å². The fourth-order valence-electron chi connectivity index (χ4n) is 1.93.